The predicted octanol–water partition coefficient (Wildman–Crippen LogP) is 4.90. The quantitative estimate of drug-likeness (QED) is 0.815. The minimum atomic E-state index is 0.324. The molecule has 0 aromatic heterocycles. The van der Waals surface area contributed by atoms with Gasteiger partial charge in [-0.1, -0.05) is 34.1 Å². The first-order valence-electron chi connectivity index (χ1n) is 6.86. The van der Waals surface area contributed by atoms with E-state index in [2.05, 4.69) is 47.2 Å². The average Bonchev–Trinajstić information content (AvgIpc) is 2.43. The van der Waals surface area contributed by atoms with Crippen LogP contribution in [0.4, 0.5) is 5.69 Å². The van der Waals surface area contributed by atoms with Crippen LogP contribution in [0.15, 0.2) is 46.9 Å². The van der Waals surface area contributed by atoms with Gasteiger partial charge in [-0.25, -0.2) is 0 Å². The number of halogens is 1. The molecule has 0 amide bonds. The van der Waals surface area contributed by atoms with Crippen molar-refractivity contribution in [3.05, 3.63) is 58.1 Å². The van der Waals surface area contributed by atoms with Crippen LogP contribution < -0.4 is 5.32 Å². The van der Waals surface area contributed by atoms with Crippen LogP contribution in [0.1, 0.15) is 24.5 Å². The van der Waals surface area contributed by atoms with Crippen molar-refractivity contribution < 1.29 is 5.11 Å². The van der Waals surface area contributed by atoms with Crippen molar-refractivity contribution in [1.82, 2.24) is 0 Å². The normalized spacial score (nSPS) is 12.2. The van der Waals surface area contributed by atoms with Crippen LogP contribution in [0.5, 0.6) is 5.75 Å². The van der Waals surface area contributed by atoms with Gasteiger partial charge in [0.2, 0.25) is 0 Å². The first-order chi connectivity index (χ1) is 9.56. The van der Waals surface area contributed by atoms with Crippen LogP contribution in [0.25, 0.3) is 0 Å². The third-order valence-corrected chi connectivity index (χ3v) is 4.33. The van der Waals surface area contributed by atoms with Gasteiger partial charge in [0.05, 0.1) is 0 Å². The molecule has 0 aliphatic heterocycles. The summed E-state index contributed by atoms with van der Waals surface area (Å²) in [6.07, 6.45) is 2.05. The summed E-state index contributed by atoms with van der Waals surface area (Å²) in [7, 11) is 0. The lowest BCUT2D eigenvalue weighted by atomic mass is 10.1. The Morgan fingerprint density at radius 3 is 2.55 bits per heavy atom. The van der Waals surface area contributed by atoms with E-state index in [1.807, 2.05) is 18.2 Å². The summed E-state index contributed by atoms with van der Waals surface area (Å²) < 4.78 is 1.13. The van der Waals surface area contributed by atoms with Crippen molar-refractivity contribution in [3.8, 4) is 5.75 Å². The molecule has 1 unspecified atom stereocenters. The molecule has 0 saturated carbocycles. The summed E-state index contributed by atoms with van der Waals surface area (Å²) in [5.41, 5.74) is 3.67. The number of benzene rings is 2. The summed E-state index contributed by atoms with van der Waals surface area (Å²) in [6.45, 7) is 4.31. The number of phenolic OH excluding ortho intramolecular Hbond substituents is 1. The molecule has 2 rings (SSSR count). The fraction of sp³-hybridized carbons (Fsp3) is 0.294. The maximum Gasteiger partial charge on any atom is 0.115 e. The Bertz CT molecular complexity index is 566. The Morgan fingerprint density at radius 1 is 1.15 bits per heavy atom. The van der Waals surface area contributed by atoms with Crippen LogP contribution in [-0.2, 0) is 6.42 Å². The molecule has 106 valence electrons. The third kappa shape index (κ3) is 4.01. The molecule has 0 bridgehead atoms. The number of rotatable bonds is 5. The van der Waals surface area contributed by atoms with Crippen molar-refractivity contribution in [2.45, 2.75) is 32.7 Å². The molecule has 2 nitrogen and oxygen atoms in total. The molecule has 0 aliphatic carbocycles. The third-order valence-electron chi connectivity index (χ3n) is 3.47. The molecule has 2 aromatic carbocycles. The molecule has 0 fully saturated rings. The number of hydrogen-bond acceptors (Lipinski definition) is 2. The zero-order chi connectivity index (χ0) is 14.5. The monoisotopic (exact) mass is 333 g/mol. The highest BCUT2D eigenvalue weighted by Crippen LogP contribution is 2.24. The SMILES string of the molecule is Cc1c(Br)cccc1NC(C)CCc1ccc(O)cc1. The fourth-order valence-corrected chi connectivity index (χ4v) is 2.51. The van der Waals surface area contributed by atoms with Gasteiger partial charge in [-0.05, 0) is 62.1 Å². The minimum Gasteiger partial charge on any atom is -0.508 e. The number of nitrogens with one attached hydrogen (secondary N) is 1. The van der Waals surface area contributed by atoms with Crippen LogP contribution >= 0.6 is 15.9 Å². The Labute approximate surface area is 129 Å². The largest absolute Gasteiger partial charge is 0.508 e. The highest BCUT2D eigenvalue weighted by molar-refractivity contribution is 9.10. The standard InChI is InChI=1S/C17H20BrNO/c1-12(6-7-14-8-10-15(20)11-9-14)19-17-5-3-4-16(18)13(17)2/h3-5,8-12,19-20H,6-7H2,1-2H3. The van der Waals surface area contributed by atoms with Crippen molar-refractivity contribution in [2.24, 2.45) is 0 Å². The van der Waals surface area contributed by atoms with Gasteiger partial charge in [-0.15, -0.1) is 0 Å². The van der Waals surface area contributed by atoms with Crippen molar-refractivity contribution in [2.75, 3.05) is 5.32 Å². The Kier molecular flexibility index (Phi) is 5.07. The van der Waals surface area contributed by atoms with Gasteiger partial charge in [-0.2, -0.15) is 0 Å². The van der Waals surface area contributed by atoms with E-state index in [0.717, 1.165) is 17.3 Å². The highest BCUT2D eigenvalue weighted by atomic mass is 79.9. The van der Waals surface area contributed by atoms with Gasteiger partial charge < -0.3 is 10.4 Å². The van der Waals surface area contributed by atoms with E-state index in [1.165, 1.54) is 16.8 Å². The fourth-order valence-electron chi connectivity index (χ4n) is 2.15. The van der Waals surface area contributed by atoms with Crippen LogP contribution in [0.3, 0.4) is 0 Å². The molecule has 2 aromatic rings. The Hall–Kier alpha value is -1.48. The van der Waals surface area contributed by atoms with Gasteiger partial charge in [0.1, 0.15) is 5.75 Å². The predicted molar refractivity (Wildman–Crippen MR) is 88.4 cm³/mol. The summed E-state index contributed by atoms with van der Waals surface area (Å²) >= 11 is 3.55. The molecular weight excluding hydrogens is 314 g/mol. The van der Waals surface area contributed by atoms with E-state index in [0.29, 0.717) is 11.8 Å². The molecule has 0 heterocycles. The van der Waals surface area contributed by atoms with Crippen LogP contribution in [0.2, 0.25) is 0 Å². The van der Waals surface area contributed by atoms with E-state index in [1.54, 1.807) is 12.1 Å². The lowest BCUT2D eigenvalue weighted by Gasteiger charge is -2.17. The number of hydrogen-bond donors (Lipinski definition) is 2. The summed E-state index contributed by atoms with van der Waals surface area (Å²) in [4.78, 5) is 0. The van der Waals surface area contributed by atoms with Gasteiger partial charge in [0.25, 0.3) is 0 Å². The zero-order valence-electron chi connectivity index (χ0n) is 11.9. The Morgan fingerprint density at radius 2 is 1.85 bits per heavy atom. The minimum absolute atomic E-state index is 0.324. The van der Waals surface area contributed by atoms with Crippen LogP contribution in [0, 0.1) is 6.92 Å². The number of aromatic hydroxyl groups is 1. The van der Waals surface area contributed by atoms with E-state index < -0.39 is 0 Å². The second-order valence-corrected chi connectivity index (χ2v) is 6.02. The lowest BCUT2D eigenvalue weighted by Crippen LogP contribution is -2.16. The summed E-state index contributed by atoms with van der Waals surface area (Å²) in [6, 6.07) is 14.1. The van der Waals surface area contributed by atoms with E-state index in [9.17, 15) is 5.11 Å². The molecule has 1 atom stereocenters. The van der Waals surface area contributed by atoms with Crippen molar-refractivity contribution >= 4 is 21.6 Å². The summed E-state index contributed by atoms with van der Waals surface area (Å²) in [5.74, 6) is 0.324. The lowest BCUT2D eigenvalue weighted by molar-refractivity contribution is 0.475. The van der Waals surface area contributed by atoms with Gasteiger partial charge >= 0.3 is 0 Å². The molecule has 0 radical (unpaired) electrons. The maximum absolute atomic E-state index is 9.27. The smallest absolute Gasteiger partial charge is 0.115 e. The molecular formula is C17H20BrNO. The molecule has 0 spiro atoms. The first kappa shape index (κ1) is 14.9. The maximum atomic E-state index is 9.27. The molecule has 20 heavy (non-hydrogen) atoms. The molecule has 3 heteroatoms. The van der Waals surface area contributed by atoms with Gasteiger partial charge in [0.15, 0.2) is 0 Å². The van der Waals surface area contributed by atoms with Crippen LogP contribution in [-0.4, -0.2) is 11.1 Å². The second-order valence-electron chi connectivity index (χ2n) is 5.16. The van der Waals surface area contributed by atoms with Gasteiger partial charge in [-0.3, -0.25) is 0 Å². The van der Waals surface area contributed by atoms with E-state index >= 15 is 0 Å². The molecule has 0 saturated heterocycles. The number of phenols is 1. The van der Waals surface area contributed by atoms with Crippen molar-refractivity contribution in [1.29, 1.82) is 0 Å². The van der Waals surface area contributed by atoms with Gasteiger partial charge in [0, 0.05) is 16.2 Å². The highest BCUT2D eigenvalue weighted by Gasteiger charge is 2.06. The second kappa shape index (κ2) is 6.80. The van der Waals surface area contributed by atoms with E-state index in [-0.39, 0.29) is 0 Å². The average molecular weight is 334 g/mol. The molecule has 2 N–H and O–H groups in total. The molecule has 0 aliphatic rings. The Balaban J connectivity index is 1.91. The topological polar surface area (TPSA) is 32.3 Å². The van der Waals surface area contributed by atoms with E-state index in [4.69, 9.17) is 0 Å². The zero-order valence-corrected chi connectivity index (χ0v) is 13.4. The van der Waals surface area contributed by atoms with Crippen molar-refractivity contribution in [3.63, 3.8) is 0 Å². The summed E-state index contributed by atoms with van der Waals surface area (Å²) in [5, 5.41) is 12.8. The number of aryl methyl sites for hydroxylation is 1. The number of anilines is 1. The first-order valence-corrected chi connectivity index (χ1v) is 7.65.